The second-order valence-electron chi connectivity index (χ2n) is 3.24. The van der Waals surface area contributed by atoms with Gasteiger partial charge in [0.05, 0.1) is 17.6 Å². The zero-order valence-electron chi connectivity index (χ0n) is 8.03. The second kappa shape index (κ2) is 3.42. The Morgan fingerprint density at radius 3 is 2.64 bits per heavy atom. The van der Waals surface area contributed by atoms with Gasteiger partial charge in [0, 0.05) is 5.02 Å². The van der Waals surface area contributed by atoms with E-state index in [0.29, 0.717) is 0 Å². The number of hydrogen-bond donors (Lipinski definition) is 0. The Bertz CT molecular complexity index is 462. The largest absolute Gasteiger partial charge is 0.220 e. The predicted octanol–water partition coefficient (Wildman–Crippen LogP) is 2.54. The van der Waals surface area contributed by atoms with Crippen LogP contribution in [0.3, 0.4) is 0 Å². The molecule has 0 bridgehead atoms. The van der Waals surface area contributed by atoms with Gasteiger partial charge in [-0.05, 0) is 37.6 Å². The number of aromatic nitrogens is 3. The maximum atomic E-state index is 5.86. The first-order valence-electron chi connectivity index (χ1n) is 4.32. The highest BCUT2D eigenvalue weighted by Gasteiger charge is 2.03. The second-order valence-corrected chi connectivity index (χ2v) is 3.67. The van der Waals surface area contributed by atoms with Crippen LogP contribution in [-0.2, 0) is 0 Å². The maximum Gasteiger partial charge on any atom is 0.0800 e. The quantitative estimate of drug-likeness (QED) is 0.720. The first-order valence-corrected chi connectivity index (χ1v) is 4.70. The molecule has 3 nitrogen and oxygen atoms in total. The van der Waals surface area contributed by atoms with Crippen molar-refractivity contribution in [1.82, 2.24) is 15.0 Å². The molecule has 72 valence electrons. The van der Waals surface area contributed by atoms with Crippen LogP contribution in [0.2, 0.25) is 5.02 Å². The van der Waals surface area contributed by atoms with Gasteiger partial charge < -0.3 is 0 Å². The van der Waals surface area contributed by atoms with Crippen LogP contribution < -0.4 is 0 Å². The van der Waals surface area contributed by atoms with E-state index < -0.39 is 0 Å². The van der Waals surface area contributed by atoms with E-state index in [-0.39, 0.29) is 0 Å². The molecule has 4 heteroatoms. The lowest BCUT2D eigenvalue weighted by molar-refractivity contribution is 0.796. The lowest BCUT2D eigenvalue weighted by Gasteiger charge is -2.04. The summed E-state index contributed by atoms with van der Waals surface area (Å²) in [5.41, 5.74) is 3.00. The average Bonchev–Trinajstić information content (AvgIpc) is 2.51. The van der Waals surface area contributed by atoms with E-state index in [2.05, 4.69) is 10.3 Å². The third-order valence-corrected chi connectivity index (χ3v) is 2.25. The Morgan fingerprint density at radius 2 is 2.07 bits per heavy atom. The molecule has 1 aromatic heterocycles. The van der Waals surface area contributed by atoms with Gasteiger partial charge in [0.15, 0.2) is 0 Å². The Labute approximate surface area is 87.3 Å². The molecule has 0 aliphatic heterocycles. The number of hydrogen-bond acceptors (Lipinski definition) is 2. The lowest BCUT2D eigenvalue weighted by atomic mass is 10.2. The van der Waals surface area contributed by atoms with E-state index in [1.54, 1.807) is 4.68 Å². The molecule has 0 aliphatic rings. The van der Waals surface area contributed by atoms with Crippen molar-refractivity contribution in [2.24, 2.45) is 0 Å². The van der Waals surface area contributed by atoms with Crippen molar-refractivity contribution in [3.05, 3.63) is 40.7 Å². The standard InChI is InChI=1S/C10H10ClN3/c1-7-5-9(11)3-4-10(7)14-6-8(2)12-13-14/h3-6H,1-2H3. The summed E-state index contributed by atoms with van der Waals surface area (Å²) in [6, 6.07) is 5.70. The Balaban J connectivity index is 2.52. The lowest BCUT2D eigenvalue weighted by Crippen LogP contribution is -1.97. The first-order chi connectivity index (χ1) is 6.66. The molecule has 0 radical (unpaired) electrons. The van der Waals surface area contributed by atoms with Gasteiger partial charge in [-0.1, -0.05) is 16.8 Å². The number of aryl methyl sites for hydroxylation is 2. The van der Waals surface area contributed by atoms with Crippen LogP contribution in [0.1, 0.15) is 11.3 Å². The average molecular weight is 208 g/mol. The van der Waals surface area contributed by atoms with E-state index in [9.17, 15) is 0 Å². The third kappa shape index (κ3) is 1.63. The Hall–Kier alpha value is -1.35. The number of rotatable bonds is 1. The molecule has 0 aliphatic carbocycles. The maximum absolute atomic E-state index is 5.86. The minimum absolute atomic E-state index is 0.739. The number of halogens is 1. The highest BCUT2D eigenvalue weighted by atomic mass is 35.5. The van der Waals surface area contributed by atoms with Crippen molar-refractivity contribution < 1.29 is 0 Å². The molecule has 1 aromatic carbocycles. The molecule has 0 N–H and O–H groups in total. The van der Waals surface area contributed by atoms with Crippen molar-refractivity contribution in [2.75, 3.05) is 0 Å². The molecule has 2 rings (SSSR count). The summed E-state index contributed by atoms with van der Waals surface area (Å²) in [7, 11) is 0. The topological polar surface area (TPSA) is 30.7 Å². The smallest absolute Gasteiger partial charge is 0.0800 e. The van der Waals surface area contributed by atoms with Crippen molar-refractivity contribution in [2.45, 2.75) is 13.8 Å². The molecular formula is C10H10ClN3. The summed E-state index contributed by atoms with van der Waals surface area (Å²) in [6.07, 6.45) is 1.89. The van der Waals surface area contributed by atoms with Crippen LogP contribution >= 0.6 is 11.6 Å². The summed E-state index contributed by atoms with van der Waals surface area (Å²) < 4.78 is 1.75. The molecule has 0 unspecified atom stereocenters. The third-order valence-electron chi connectivity index (χ3n) is 2.01. The molecule has 0 saturated carbocycles. The molecule has 14 heavy (non-hydrogen) atoms. The molecule has 2 aromatic rings. The van der Waals surface area contributed by atoms with Gasteiger partial charge in [-0.15, -0.1) is 5.10 Å². The monoisotopic (exact) mass is 207 g/mol. The van der Waals surface area contributed by atoms with Gasteiger partial charge in [-0.3, -0.25) is 0 Å². The zero-order valence-corrected chi connectivity index (χ0v) is 8.78. The fraction of sp³-hybridized carbons (Fsp3) is 0.200. The molecule has 0 saturated heterocycles. The van der Waals surface area contributed by atoms with Crippen LogP contribution in [0.4, 0.5) is 0 Å². The van der Waals surface area contributed by atoms with Crippen molar-refractivity contribution in [3.63, 3.8) is 0 Å². The van der Waals surface area contributed by atoms with Gasteiger partial charge in [0.1, 0.15) is 0 Å². The summed E-state index contributed by atoms with van der Waals surface area (Å²) in [5, 5.41) is 8.68. The molecular weight excluding hydrogens is 198 g/mol. The first kappa shape index (κ1) is 9.21. The zero-order chi connectivity index (χ0) is 10.1. The highest BCUT2D eigenvalue weighted by Crippen LogP contribution is 2.17. The van der Waals surface area contributed by atoms with Gasteiger partial charge in [-0.2, -0.15) is 0 Å². The summed E-state index contributed by atoms with van der Waals surface area (Å²) in [6.45, 7) is 3.91. The van der Waals surface area contributed by atoms with Crippen molar-refractivity contribution >= 4 is 11.6 Å². The van der Waals surface area contributed by atoms with Crippen molar-refractivity contribution in [1.29, 1.82) is 0 Å². The fourth-order valence-corrected chi connectivity index (χ4v) is 1.57. The highest BCUT2D eigenvalue weighted by molar-refractivity contribution is 6.30. The summed E-state index contributed by atoms with van der Waals surface area (Å²) in [4.78, 5) is 0. The van der Waals surface area contributed by atoms with Crippen LogP contribution in [0.25, 0.3) is 5.69 Å². The predicted molar refractivity (Wildman–Crippen MR) is 55.8 cm³/mol. The fourth-order valence-electron chi connectivity index (χ4n) is 1.34. The van der Waals surface area contributed by atoms with Crippen molar-refractivity contribution in [3.8, 4) is 5.69 Å². The summed E-state index contributed by atoms with van der Waals surface area (Å²) in [5.74, 6) is 0. The molecule has 0 spiro atoms. The van der Waals surface area contributed by atoms with Gasteiger partial charge in [0.2, 0.25) is 0 Å². The molecule has 0 fully saturated rings. The van der Waals surface area contributed by atoms with E-state index >= 15 is 0 Å². The number of nitrogens with zero attached hydrogens (tertiary/aromatic N) is 3. The van der Waals surface area contributed by atoms with E-state index in [0.717, 1.165) is 22.0 Å². The normalized spacial score (nSPS) is 10.5. The minimum atomic E-state index is 0.739. The van der Waals surface area contributed by atoms with Crippen LogP contribution in [0, 0.1) is 13.8 Å². The summed E-state index contributed by atoms with van der Waals surface area (Å²) >= 11 is 5.86. The molecule has 1 heterocycles. The van der Waals surface area contributed by atoms with Gasteiger partial charge >= 0.3 is 0 Å². The van der Waals surface area contributed by atoms with E-state index in [4.69, 9.17) is 11.6 Å². The Kier molecular flexibility index (Phi) is 2.25. The number of benzene rings is 1. The Morgan fingerprint density at radius 1 is 1.29 bits per heavy atom. The van der Waals surface area contributed by atoms with Crippen LogP contribution in [-0.4, -0.2) is 15.0 Å². The van der Waals surface area contributed by atoms with E-state index in [1.807, 2.05) is 38.2 Å². The SMILES string of the molecule is Cc1cn(-c2ccc(Cl)cc2C)nn1. The van der Waals surface area contributed by atoms with Crippen LogP contribution in [0.5, 0.6) is 0 Å². The molecule has 0 atom stereocenters. The van der Waals surface area contributed by atoms with Gasteiger partial charge in [-0.25, -0.2) is 4.68 Å². The van der Waals surface area contributed by atoms with Gasteiger partial charge in [0.25, 0.3) is 0 Å². The van der Waals surface area contributed by atoms with Crippen LogP contribution in [0.15, 0.2) is 24.4 Å². The minimum Gasteiger partial charge on any atom is -0.220 e. The molecule has 0 amide bonds. The van der Waals surface area contributed by atoms with E-state index in [1.165, 1.54) is 0 Å².